The molecule has 1 aromatic rings. The smallest absolute Gasteiger partial charge is 0.319 e. The molecule has 0 aliphatic heterocycles. The molecular formula is C10H15N3O2. The molecular weight excluding hydrogens is 194 g/mol. The van der Waals surface area contributed by atoms with Crippen molar-refractivity contribution in [3.8, 4) is 5.75 Å². The number of amides is 2. The first-order valence-electron chi connectivity index (χ1n) is 4.74. The third-order valence-corrected chi connectivity index (χ3v) is 1.89. The number of phenols is 1. The summed E-state index contributed by atoms with van der Waals surface area (Å²) in [5, 5.41) is 14.5. The van der Waals surface area contributed by atoms with Gasteiger partial charge in [-0.15, -0.1) is 0 Å². The highest BCUT2D eigenvalue weighted by atomic mass is 16.3. The zero-order valence-corrected chi connectivity index (χ0v) is 8.58. The molecule has 0 spiro atoms. The van der Waals surface area contributed by atoms with Crippen LogP contribution in [0.25, 0.3) is 0 Å². The molecule has 82 valence electrons. The van der Waals surface area contributed by atoms with Crippen LogP contribution in [0.4, 0.5) is 10.5 Å². The molecule has 0 fully saturated rings. The van der Waals surface area contributed by atoms with Gasteiger partial charge >= 0.3 is 6.03 Å². The van der Waals surface area contributed by atoms with Gasteiger partial charge in [-0.05, 0) is 30.7 Å². The molecule has 0 radical (unpaired) electrons. The minimum Gasteiger partial charge on any atom is -0.508 e. The van der Waals surface area contributed by atoms with Crippen LogP contribution in [0, 0.1) is 0 Å². The van der Waals surface area contributed by atoms with E-state index >= 15 is 0 Å². The summed E-state index contributed by atoms with van der Waals surface area (Å²) in [7, 11) is 0. The lowest BCUT2D eigenvalue weighted by Crippen LogP contribution is -2.28. The van der Waals surface area contributed by atoms with Crippen molar-refractivity contribution in [2.24, 2.45) is 5.73 Å². The second-order valence-electron chi connectivity index (χ2n) is 3.03. The summed E-state index contributed by atoms with van der Waals surface area (Å²) >= 11 is 0. The van der Waals surface area contributed by atoms with Crippen LogP contribution in [-0.2, 0) is 6.54 Å². The van der Waals surface area contributed by atoms with Crippen molar-refractivity contribution in [3.63, 3.8) is 0 Å². The van der Waals surface area contributed by atoms with E-state index in [2.05, 4.69) is 10.6 Å². The second-order valence-corrected chi connectivity index (χ2v) is 3.03. The Kier molecular flexibility index (Phi) is 3.93. The van der Waals surface area contributed by atoms with Crippen LogP contribution in [-0.4, -0.2) is 17.7 Å². The first-order chi connectivity index (χ1) is 7.17. The molecule has 0 saturated heterocycles. The topological polar surface area (TPSA) is 87.4 Å². The van der Waals surface area contributed by atoms with Gasteiger partial charge in [-0.25, -0.2) is 4.79 Å². The van der Waals surface area contributed by atoms with E-state index in [9.17, 15) is 9.90 Å². The molecule has 2 amide bonds. The highest BCUT2D eigenvalue weighted by Gasteiger charge is 2.05. The maximum absolute atomic E-state index is 11.2. The number of anilines is 1. The molecule has 15 heavy (non-hydrogen) atoms. The van der Waals surface area contributed by atoms with E-state index in [-0.39, 0.29) is 18.3 Å². The predicted molar refractivity (Wildman–Crippen MR) is 58.7 cm³/mol. The molecule has 5 heteroatoms. The molecule has 0 unspecified atom stereocenters. The molecule has 0 atom stereocenters. The van der Waals surface area contributed by atoms with Crippen molar-refractivity contribution in [1.82, 2.24) is 5.32 Å². The summed E-state index contributed by atoms with van der Waals surface area (Å²) in [6.45, 7) is 2.65. The molecule has 0 saturated carbocycles. The third-order valence-electron chi connectivity index (χ3n) is 1.89. The number of nitrogens with two attached hydrogens (primary N) is 1. The number of benzene rings is 1. The Bertz CT molecular complexity index is 353. The van der Waals surface area contributed by atoms with Gasteiger partial charge in [-0.3, -0.25) is 0 Å². The number of hydrogen-bond donors (Lipinski definition) is 4. The quantitative estimate of drug-likeness (QED) is 0.560. The summed E-state index contributed by atoms with van der Waals surface area (Å²) in [5.74, 6) is 0.136. The summed E-state index contributed by atoms with van der Waals surface area (Å²) in [6, 6.07) is 4.37. The molecule has 0 aromatic heterocycles. The first-order valence-corrected chi connectivity index (χ1v) is 4.74. The monoisotopic (exact) mass is 209 g/mol. The number of carbonyl (C=O) groups excluding carboxylic acids is 1. The Morgan fingerprint density at radius 1 is 1.53 bits per heavy atom. The summed E-state index contributed by atoms with van der Waals surface area (Å²) in [6.07, 6.45) is 0. The van der Waals surface area contributed by atoms with E-state index in [1.165, 1.54) is 12.1 Å². The average Bonchev–Trinajstić information content (AvgIpc) is 2.21. The van der Waals surface area contributed by atoms with Crippen LogP contribution in [0.5, 0.6) is 5.75 Å². The van der Waals surface area contributed by atoms with Gasteiger partial charge in [0.25, 0.3) is 0 Å². The first kappa shape index (κ1) is 11.3. The van der Waals surface area contributed by atoms with Crippen molar-refractivity contribution in [1.29, 1.82) is 0 Å². The van der Waals surface area contributed by atoms with Gasteiger partial charge in [-0.1, -0.05) is 0 Å². The Balaban J connectivity index is 2.80. The molecule has 1 rings (SSSR count). The normalized spacial score (nSPS) is 9.73. The van der Waals surface area contributed by atoms with Gasteiger partial charge in [-0.2, -0.15) is 0 Å². The highest BCUT2D eigenvalue weighted by Crippen LogP contribution is 2.20. The lowest BCUT2D eigenvalue weighted by atomic mass is 10.1. The lowest BCUT2D eigenvalue weighted by molar-refractivity contribution is 0.252. The van der Waals surface area contributed by atoms with Crippen LogP contribution in [0.15, 0.2) is 18.2 Å². The van der Waals surface area contributed by atoms with Gasteiger partial charge in [0.05, 0.1) is 0 Å². The van der Waals surface area contributed by atoms with E-state index in [1.54, 1.807) is 6.07 Å². The number of aromatic hydroxyl groups is 1. The van der Waals surface area contributed by atoms with Crippen LogP contribution < -0.4 is 16.4 Å². The number of hydrogen-bond acceptors (Lipinski definition) is 3. The van der Waals surface area contributed by atoms with Crippen molar-refractivity contribution in [2.45, 2.75) is 13.5 Å². The van der Waals surface area contributed by atoms with E-state index in [1.807, 2.05) is 6.92 Å². The summed E-state index contributed by atoms with van der Waals surface area (Å²) in [4.78, 5) is 11.2. The van der Waals surface area contributed by atoms with E-state index in [0.29, 0.717) is 17.8 Å². The van der Waals surface area contributed by atoms with E-state index < -0.39 is 0 Å². The number of phenolic OH excluding ortho intramolecular Hbond substituents is 1. The fourth-order valence-electron chi connectivity index (χ4n) is 1.20. The minimum atomic E-state index is -0.280. The van der Waals surface area contributed by atoms with Gasteiger partial charge in [0.1, 0.15) is 5.75 Å². The van der Waals surface area contributed by atoms with Crippen LogP contribution in [0.2, 0.25) is 0 Å². The van der Waals surface area contributed by atoms with Crippen LogP contribution in [0.3, 0.4) is 0 Å². The molecule has 5 nitrogen and oxygen atoms in total. The molecule has 5 N–H and O–H groups in total. The fraction of sp³-hybridized carbons (Fsp3) is 0.300. The molecule has 1 aromatic carbocycles. The molecule has 0 aliphatic carbocycles. The molecule has 0 heterocycles. The Hall–Kier alpha value is -1.75. The van der Waals surface area contributed by atoms with E-state index in [4.69, 9.17) is 5.73 Å². The van der Waals surface area contributed by atoms with Gasteiger partial charge in [0.2, 0.25) is 0 Å². The van der Waals surface area contributed by atoms with Gasteiger partial charge in [0, 0.05) is 18.8 Å². The fourth-order valence-corrected chi connectivity index (χ4v) is 1.20. The zero-order valence-electron chi connectivity index (χ0n) is 8.58. The highest BCUT2D eigenvalue weighted by molar-refractivity contribution is 5.90. The number of rotatable bonds is 3. The Labute approximate surface area is 88.3 Å². The Morgan fingerprint density at radius 3 is 2.87 bits per heavy atom. The van der Waals surface area contributed by atoms with Crippen molar-refractivity contribution < 1.29 is 9.90 Å². The van der Waals surface area contributed by atoms with Crippen LogP contribution in [0.1, 0.15) is 12.5 Å². The number of carbonyl (C=O) groups is 1. The second kappa shape index (κ2) is 5.21. The largest absolute Gasteiger partial charge is 0.508 e. The maximum atomic E-state index is 11.2. The summed E-state index contributed by atoms with van der Waals surface area (Å²) < 4.78 is 0. The average molecular weight is 209 g/mol. The van der Waals surface area contributed by atoms with Crippen molar-refractivity contribution >= 4 is 11.7 Å². The predicted octanol–water partition coefficient (Wildman–Crippen LogP) is 0.992. The Morgan fingerprint density at radius 2 is 2.27 bits per heavy atom. The van der Waals surface area contributed by atoms with Crippen LogP contribution >= 0.6 is 0 Å². The SMILES string of the molecule is CCNC(=O)Nc1ccc(O)cc1CN. The number of urea groups is 1. The van der Waals surface area contributed by atoms with Gasteiger partial charge in [0.15, 0.2) is 0 Å². The summed E-state index contributed by atoms with van der Waals surface area (Å²) in [5.41, 5.74) is 6.79. The lowest BCUT2D eigenvalue weighted by Gasteiger charge is -2.10. The van der Waals surface area contributed by atoms with Crippen molar-refractivity contribution in [2.75, 3.05) is 11.9 Å². The van der Waals surface area contributed by atoms with Crippen molar-refractivity contribution in [3.05, 3.63) is 23.8 Å². The third kappa shape index (κ3) is 3.14. The standard InChI is InChI=1S/C10H15N3O2/c1-2-12-10(15)13-9-4-3-8(14)5-7(9)6-11/h3-5,14H,2,6,11H2,1H3,(H2,12,13,15). The minimum absolute atomic E-state index is 0.136. The maximum Gasteiger partial charge on any atom is 0.319 e. The van der Waals surface area contributed by atoms with Gasteiger partial charge < -0.3 is 21.5 Å². The van der Waals surface area contributed by atoms with E-state index in [0.717, 1.165) is 0 Å². The number of nitrogens with one attached hydrogen (secondary N) is 2. The zero-order chi connectivity index (χ0) is 11.3. The molecule has 0 aliphatic rings. The molecule has 0 bridgehead atoms.